The average molecular weight is 580 g/mol. The van der Waals surface area contributed by atoms with Crippen LogP contribution in [0.5, 0.6) is 5.75 Å². The van der Waals surface area contributed by atoms with Crippen molar-refractivity contribution in [2.24, 2.45) is 0 Å². The monoisotopic (exact) mass is 579 g/mol. The summed E-state index contributed by atoms with van der Waals surface area (Å²) in [6, 6.07) is 16.1. The molecule has 2 unspecified atom stereocenters. The molecule has 0 amide bonds. The molecule has 1 N–H and O–H groups in total. The Kier molecular flexibility index (Phi) is 7.13. The number of pyridine rings is 1. The van der Waals surface area contributed by atoms with Gasteiger partial charge in [-0.2, -0.15) is 5.26 Å². The third kappa shape index (κ3) is 5.26. The first-order valence-corrected chi connectivity index (χ1v) is 14.6. The number of aromatic nitrogens is 3. The Morgan fingerprint density at radius 2 is 1.98 bits per heavy atom. The van der Waals surface area contributed by atoms with Crippen molar-refractivity contribution < 1.29 is 23.8 Å². The summed E-state index contributed by atoms with van der Waals surface area (Å²) in [7, 11) is 0. The number of imidazole rings is 1. The fraction of sp³-hybridized carbons (Fsp3) is 0.333. The number of fused-ring (bicyclic) bond motifs is 2. The molecule has 2 atom stereocenters. The van der Waals surface area contributed by atoms with Crippen LogP contribution in [0.4, 0.5) is 4.39 Å². The molecule has 9 nitrogen and oxygen atoms in total. The van der Waals surface area contributed by atoms with Gasteiger partial charge in [0.25, 0.3) is 0 Å². The second-order valence-corrected chi connectivity index (χ2v) is 11.3. The third-order valence-corrected chi connectivity index (χ3v) is 8.72. The summed E-state index contributed by atoms with van der Waals surface area (Å²) in [6.45, 7) is 3.70. The summed E-state index contributed by atoms with van der Waals surface area (Å²) in [5, 5.41) is 18.6. The van der Waals surface area contributed by atoms with Crippen LogP contribution in [0.1, 0.15) is 69.9 Å². The highest BCUT2D eigenvalue weighted by atomic mass is 19.1. The molecule has 43 heavy (non-hydrogen) atoms. The molecule has 0 bridgehead atoms. The van der Waals surface area contributed by atoms with Crippen molar-refractivity contribution in [1.82, 2.24) is 19.4 Å². The number of hydrogen-bond donors (Lipinski definition) is 1. The second-order valence-electron chi connectivity index (χ2n) is 11.3. The van der Waals surface area contributed by atoms with Gasteiger partial charge in [0.1, 0.15) is 35.3 Å². The standard InChI is InChI=1S/C33H30FN5O4/c34-27-15-30(22-4-6-23(16-35)36-17-22)43-32-25(2-1-3-26(27)32)20-8-11-38(12-9-20)19-31-37-28-7-5-21(33(40)41)14-29(28)39(31)18-24-10-13-42-24/h1-7,14-15,17,20,24,30H,8-13,18-19H2,(H,40,41). The first-order chi connectivity index (χ1) is 21.0. The Labute approximate surface area is 247 Å². The SMILES string of the molecule is N#Cc1ccc(C2C=C(F)c3cccc(C4CCN(Cc5nc6ccc(C(=O)O)cc6n5CC5CCO5)CC4)c3O2)cn1. The Bertz CT molecular complexity index is 1760. The maximum Gasteiger partial charge on any atom is 0.335 e. The predicted molar refractivity (Wildman–Crippen MR) is 156 cm³/mol. The molecule has 0 radical (unpaired) electrons. The van der Waals surface area contributed by atoms with Gasteiger partial charge < -0.3 is 19.1 Å². The van der Waals surface area contributed by atoms with E-state index in [-0.39, 0.29) is 23.4 Å². The highest BCUT2D eigenvalue weighted by Gasteiger charge is 2.30. The van der Waals surface area contributed by atoms with Gasteiger partial charge in [-0.1, -0.05) is 18.2 Å². The highest BCUT2D eigenvalue weighted by molar-refractivity contribution is 5.92. The van der Waals surface area contributed by atoms with Gasteiger partial charge in [0.15, 0.2) is 0 Å². The number of piperidine rings is 1. The third-order valence-electron chi connectivity index (χ3n) is 8.72. The maximum absolute atomic E-state index is 15.3. The molecule has 10 heteroatoms. The fourth-order valence-corrected chi connectivity index (χ4v) is 6.25. The van der Waals surface area contributed by atoms with Crippen LogP contribution in [-0.2, 0) is 17.8 Å². The summed E-state index contributed by atoms with van der Waals surface area (Å²) in [6.07, 6.45) is 5.24. The van der Waals surface area contributed by atoms with E-state index in [2.05, 4.69) is 14.5 Å². The topological polar surface area (TPSA) is 114 Å². The summed E-state index contributed by atoms with van der Waals surface area (Å²) in [4.78, 5) is 23.0. The Hall–Kier alpha value is -4.59. The minimum atomic E-state index is -0.958. The smallest absolute Gasteiger partial charge is 0.335 e. The average Bonchev–Trinajstić information content (AvgIpc) is 3.34. The molecule has 3 aliphatic rings. The van der Waals surface area contributed by atoms with Crippen molar-refractivity contribution in [2.75, 3.05) is 19.7 Å². The zero-order valence-corrected chi connectivity index (χ0v) is 23.4. The molecule has 4 aromatic rings. The molecule has 7 rings (SSSR count). The van der Waals surface area contributed by atoms with Gasteiger partial charge in [-0.3, -0.25) is 4.90 Å². The minimum absolute atomic E-state index is 0.109. The number of carboxylic acid groups (broad SMARTS) is 1. The molecule has 2 aromatic carbocycles. The summed E-state index contributed by atoms with van der Waals surface area (Å²) in [5.74, 6) is 0.401. The minimum Gasteiger partial charge on any atom is -0.480 e. The fourth-order valence-electron chi connectivity index (χ4n) is 6.25. The maximum atomic E-state index is 15.3. The number of rotatable bonds is 7. The summed E-state index contributed by atoms with van der Waals surface area (Å²) in [5.41, 5.74) is 4.30. The zero-order chi connectivity index (χ0) is 29.5. The Morgan fingerprint density at radius 3 is 2.67 bits per heavy atom. The van der Waals surface area contributed by atoms with Crippen molar-refractivity contribution in [3.63, 3.8) is 0 Å². The summed E-state index contributed by atoms with van der Waals surface area (Å²) >= 11 is 0. The van der Waals surface area contributed by atoms with Crippen molar-refractivity contribution in [1.29, 1.82) is 5.26 Å². The largest absolute Gasteiger partial charge is 0.480 e. The lowest BCUT2D eigenvalue weighted by molar-refractivity contribution is -0.0592. The van der Waals surface area contributed by atoms with Gasteiger partial charge in [0.2, 0.25) is 0 Å². The van der Waals surface area contributed by atoms with Crippen LogP contribution >= 0.6 is 0 Å². The number of nitrogens with zero attached hydrogens (tertiary/aromatic N) is 5. The van der Waals surface area contributed by atoms with E-state index in [1.54, 1.807) is 42.6 Å². The van der Waals surface area contributed by atoms with Crippen LogP contribution in [0.2, 0.25) is 0 Å². The Balaban J connectivity index is 1.09. The first-order valence-electron chi connectivity index (χ1n) is 14.6. The van der Waals surface area contributed by atoms with E-state index in [0.717, 1.165) is 61.4 Å². The Morgan fingerprint density at radius 1 is 1.14 bits per heavy atom. The van der Waals surface area contributed by atoms with Gasteiger partial charge in [-0.15, -0.1) is 0 Å². The van der Waals surface area contributed by atoms with Crippen molar-refractivity contribution in [2.45, 2.75) is 50.5 Å². The lowest BCUT2D eigenvalue weighted by Crippen LogP contribution is -2.35. The predicted octanol–water partition coefficient (Wildman–Crippen LogP) is 5.61. The van der Waals surface area contributed by atoms with Gasteiger partial charge in [-0.05, 0) is 80.2 Å². The molecule has 0 saturated carbocycles. The van der Waals surface area contributed by atoms with Gasteiger partial charge in [0, 0.05) is 18.4 Å². The van der Waals surface area contributed by atoms with Crippen LogP contribution in [0.15, 0.2) is 60.8 Å². The lowest BCUT2D eigenvalue weighted by atomic mass is 9.86. The quantitative estimate of drug-likeness (QED) is 0.301. The van der Waals surface area contributed by atoms with Crippen molar-refractivity contribution >= 4 is 22.8 Å². The molecule has 3 aliphatic heterocycles. The van der Waals surface area contributed by atoms with E-state index in [0.29, 0.717) is 35.7 Å². The molecule has 2 saturated heterocycles. The molecule has 2 fully saturated rings. The normalized spacial score (nSPS) is 20.5. The second kappa shape index (κ2) is 11.2. The van der Waals surface area contributed by atoms with E-state index >= 15 is 4.39 Å². The number of carbonyl (C=O) groups is 1. The van der Waals surface area contributed by atoms with E-state index < -0.39 is 12.1 Å². The van der Waals surface area contributed by atoms with Crippen LogP contribution in [0.25, 0.3) is 16.9 Å². The van der Waals surface area contributed by atoms with Crippen molar-refractivity contribution in [3.05, 3.63) is 94.6 Å². The number of benzene rings is 2. The molecular weight excluding hydrogens is 549 g/mol. The molecule has 2 aromatic heterocycles. The van der Waals surface area contributed by atoms with Crippen LogP contribution < -0.4 is 4.74 Å². The van der Waals surface area contributed by atoms with E-state index in [1.807, 2.05) is 18.2 Å². The summed E-state index contributed by atoms with van der Waals surface area (Å²) < 4.78 is 29.5. The number of likely N-dealkylation sites (tertiary alicyclic amines) is 1. The zero-order valence-electron chi connectivity index (χ0n) is 23.4. The van der Waals surface area contributed by atoms with Gasteiger partial charge in [0.05, 0.1) is 41.4 Å². The lowest BCUT2D eigenvalue weighted by Gasteiger charge is -2.34. The van der Waals surface area contributed by atoms with E-state index in [1.165, 1.54) is 6.08 Å². The van der Waals surface area contributed by atoms with Crippen LogP contribution in [-0.4, -0.2) is 56.3 Å². The van der Waals surface area contributed by atoms with E-state index in [4.69, 9.17) is 19.7 Å². The van der Waals surface area contributed by atoms with Crippen LogP contribution in [0.3, 0.4) is 0 Å². The first kappa shape index (κ1) is 27.3. The number of para-hydroxylation sites is 1. The van der Waals surface area contributed by atoms with Gasteiger partial charge >= 0.3 is 5.97 Å². The van der Waals surface area contributed by atoms with Gasteiger partial charge in [-0.25, -0.2) is 19.2 Å². The molecule has 5 heterocycles. The number of ether oxygens (including phenoxy) is 2. The number of carboxylic acids is 1. The number of hydrogen-bond acceptors (Lipinski definition) is 7. The number of halogens is 1. The molecular formula is C33H30FN5O4. The highest BCUT2D eigenvalue weighted by Crippen LogP contribution is 2.44. The van der Waals surface area contributed by atoms with Crippen molar-refractivity contribution in [3.8, 4) is 11.8 Å². The van der Waals surface area contributed by atoms with E-state index in [9.17, 15) is 9.90 Å². The molecule has 218 valence electrons. The van der Waals surface area contributed by atoms with Crippen LogP contribution in [0, 0.1) is 11.3 Å². The number of aromatic carboxylic acids is 1. The molecule has 0 spiro atoms. The number of nitriles is 1. The molecule has 0 aliphatic carbocycles.